The number of anilines is 2. The van der Waals surface area contributed by atoms with Gasteiger partial charge in [-0.15, -0.1) is 0 Å². The summed E-state index contributed by atoms with van der Waals surface area (Å²) >= 11 is 0. The number of fused-ring (bicyclic) bond motifs is 1. The van der Waals surface area contributed by atoms with Gasteiger partial charge in [-0.05, 0) is 31.1 Å². The third kappa shape index (κ3) is 3.37. The van der Waals surface area contributed by atoms with E-state index in [1.54, 1.807) is 35.0 Å². The molecule has 11 nitrogen and oxygen atoms in total. The van der Waals surface area contributed by atoms with E-state index in [1.165, 1.54) is 6.20 Å². The number of nitriles is 1. The Bertz CT molecular complexity index is 1470. The number of aromatic amines is 2. The summed E-state index contributed by atoms with van der Waals surface area (Å²) in [6, 6.07) is 7.41. The molecule has 1 fully saturated rings. The van der Waals surface area contributed by atoms with Crippen molar-refractivity contribution in [2.24, 2.45) is 4.99 Å². The van der Waals surface area contributed by atoms with Crippen LogP contribution in [0.5, 0.6) is 5.88 Å². The molecule has 0 saturated heterocycles. The first kappa shape index (κ1) is 17.6. The third-order valence-electron chi connectivity index (χ3n) is 4.53. The van der Waals surface area contributed by atoms with Crippen LogP contribution in [0.3, 0.4) is 0 Å². The van der Waals surface area contributed by atoms with Crippen LogP contribution in [0.15, 0.2) is 40.4 Å². The molecule has 4 N–H and O–H groups in total. The summed E-state index contributed by atoms with van der Waals surface area (Å²) in [6.45, 7) is 0. The predicted molar refractivity (Wildman–Crippen MR) is 106 cm³/mol. The molecule has 0 atom stereocenters. The van der Waals surface area contributed by atoms with Crippen LogP contribution < -0.4 is 21.7 Å². The highest BCUT2D eigenvalue weighted by Crippen LogP contribution is 2.22. The van der Waals surface area contributed by atoms with Gasteiger partial charge in [0.15, 0.2) is 11.1 Å². The maximum absolute atomic E-state index is 11.4. The number of nitrogens with one attached hydrogen (secondary N) is 3. The Morgan fingerprint density at radius 2 is 2.17 bits per heavy atom. The van der Waals surface area contributed by atoms with Crippen LogP contribution in [-0.2, 0) is 0 Å². The second-order valence-corrected chi connectivity index (χ2v) is 6.85. The van der Waals surface area contributed by atoms with Crippen LogP contribution in [0.1, 0.15) is 24.1 Å². The van der Waals surface area contributed by atoms with Gasteiger partial charge in [0.25, 0.3) is 0 Å². The lowest BCUT2D eigenvalue weighted by Gasteiger charge is -2.05. The van der Waals surface area contributed by atoms with E-state index >= 15 is 0 Å². The molecule has 0 amide bonds. The third-order valence-corrected chi connectivity index (χ3v) is 4.53. The van der Waals surface area contributed by atoms with Gasteiger partial charge in [0.1, 0.15) is 23.4 Å². The van der Waals surface area contributed by atoms with Crippen LogP contribution in [0, 0.1) is 11.3 Å². The van der Waals surface area contributed by atoms with E-state index in [0.29, 0.717) is 33.6 Å². The van der Waals surface area contributed by atoms with Gasteiger partial charge >= 0.3 is 5.69 Å². The van der Waals surface area contributed by atoms with Crippen molar-refractivity contribution in [2.75, 3.05) is 5.32 Å². The number of aromatic hydroxyl groups is 1. The minimum atomic E-state index is -0.512. The fourth-order valence-corrected chi connectivity index (χ4v) is 2.93. The monoisotopic (exact) mass is 401 g/mol. The lowest BCUT2D eigenvalue weighted by atomic mass is 10.3. The van der Waals surface area contributed by atoms with Crippen molar-refractivity contribution in [2.45, 2.75) is 18.9 Å². The van der Waals surface area contributed by atoms with E-state index in [0.717, 1.165) is 12.8 Å². The molecule has 0 unspecified atom stereocenters. The molecule has 1 aliphatic carbocycles. The topological polar surface area (TPSA) is 160 Å². The minimum absolute atomic E-state index is 0.226. The molecule has 0 radical (unpaired) electrons. The zero-order chi connectivity index (χ0) is 20.7. The molecule has 0 aromatic carbocycles. The average Bonchev–Trinajstić information content (AvgIpc) is 3.37. The van der Waals surface area contributed by atoms with E-state index in [9.17, 15) is 9.90 Å². The number of imidazole rings is 1. The zero-order valence-electron chi connectivity index (χ0n) is 15.5. The molecule has 148 valence electrons. The average molecular weight is 401 g/mol. The molecule has 4 aromatic heterocycles. The largest absolute Gasteiger partial charge is 0.493 e. The summed E-state index contributed by atoms with van der Waals surface area (Å²) < 4.78 is 1.61. The number of hydrogen-bond donors (Lipinski definition) is 4. The predicted octanol–water partition coefficient (Wildman–Crippen LogP) is 0.0724. The van der Waals surface area contributed by atoms with E-state index in [-0.39, 0.29) is 17.6 Å². The second kappa shape index (κ2) is 6.85. The van der Waals surface area contributed by atoms with E-state index in [1.807, 2.05) is 6.07 Å². The molecule has 1 saturated carbocycles. The first-order valence-electron chi connectivity index (χ1n) is 9.18. The minimum Gasteiger partial charge on any atom is -0.493 e. The van der Waals surface area contributed by atoms with Crippen molar-refractivity contribution in [3.8, 4) is 11.9 Å². The van der Waals surface area contributed by atoms with Crippen molar-refractivity contribution in [3.05, 3.63) is 63.0 Å². The van der Waals surface area contributed by atoms with Gasteiger partial charge < -0.3 is 15.4 Å². The Morgan fingerprint density at radius 1 is 1.30 bits per heavy atom. The summed E-state index contributed by atoms with van der Waals surface area (Å²) in [4.78, 5) is 29.7. The van der Waals surface area contributed by atoms with Gasteiger partial charge in [0.05, 0.1) is 17.8 Å². The molecule has 0 bridgehead atoms. The van der Waals surface area contributed by atoms with Crippen LogP contribution in [0.2, 0.25) is 0 Å². The van der Waals surface area contributed by atoms with Crippen LogP contribution in [-0.4, -0.2) is 40.7 Å². The smallest absolute Gasteiger partial charge is 0.326 e. The first-order valence-corrected chi connectivity index (χ1v) is 9.18. The second-order valence-electron chi connectivity index (χ2n) is 6.85. The molecule has 30 heavy (non-hydrogen) atoms. The van der Waals surface area contributed by atoms with Crippen molar-refractivity contribution in [1.82, 2.24) is 29.5 Å². The van der Waals surface area contributed by atoms with Gasteiger partial charge in [0, 0.05) is 17.5 Å². The van der Waals surface area contributed by atoms with Crippen molar-refractivity contribution >= 4 is 23.4 Å². The van der Waals surface area contributed by atoms with Gasteiger partial charge in [-0.3, -0.25) is 9.98 Å². The summed E-state index contributed by atoms with van der Waals surface area (Å²) in [5, 5.41) is 26.8. The standard InChI is InChI=1S/C19H15N9O2/c20-7-10-1-4-14(21-8-10)25-15-6-16(23-12-2-3-12)28-17(26-15)11(9-22-28)5-13-18(29)27-19(30)24-13/h1,4-6,8-9,12,29H,2-3H2,(H,21,25)(H2,24,27,30)/b11-5-,23-16?. The molecule has 0 aliphatic heterocycles. The fourth-order valence-electron chi connectivity index (χ4n) is 2.93. The lowest BCUT2D eigenvalue weighted by Crippen LogP contribution is -2.20. The summed E-state index contributed by atoms with van der Waals surface area (Å²) in [5.41, 5.74) is 1.30. The summed E-state index contributed by atoms with van der Waals surface area (Å²) in [7, 11) is 0. The zero-order valence-corrected chi connectivity index (χ0v) is 15.5. The van der Waals surface area contributed by atoms with Gasteiger partial charge in [0.2, 0.25) is 5.88 Å². The number of hydrogen-bond acceptors (Lipinski definition) is 8. The number of nitrogens with zero attached hydrogens (tertiary/aromatic N) is 6. The fraction of sp³-hybridized carbons (Fsp3) is 0.158. The Morgan fingerprint density at radius 3 is 2.83 bits per heavy atom. The number of pyridine rings is 1. The van der Waals surface area contributed by atoms with Crippen molar-refractivity contribution in [3.63, 3.8) is 0 Å². The molecule has 4 aromatic rings. The SMILES string of the molecule is N#Cc1ccc(Nc2cc(=NC3CC3)n3nc/c(=C/c4[nH]c(=O)[nH]c4O)c3n2)nc1. The van der Waals surface area contributed by atoms with E-state index in [4.69, 9.17) is 10.3 Å². The van der Waals surface area contributed by atoms with Crippen LogP contribution in [0.25, 0.3) is 11.7 Å². The maximum Gasteiger partial charge on any atom is 0.326 e. The molecular formula is C19H15N9O2. The quantitative estimate of drug-likeness (QED) is 0.376. The molecule has 5 rings (SSSR count). The Labute approximate surface area is 168 Å². The molecule has 4 heterocycles. The van der Waals surface area contributed by atoms with Crippen molar-refractivity contribution in [1.29, 1.82) is 5.26 Å². The normalized spacial score (nSPS) is 14.9. The summed E-state index contributed by atoms with van der Waals surface area (Å²) in [5.74, 6) is 0.764. The first-order chi connectivity index (χ1) is 14.6. The van der Waals surface area contributed by atoms with Gasteiger partial charge in [-0.25, -0.2) is 14.8 Å². The molecule has 0 spiro atoms. The molecule has 1 aliphatic rings. The number of aromatic nitrogens is 6. The van der Waals surface area contributed by atoms with E-state index in [2.05, 4.69) is 30.4 Å². The van der Waals surface area contributed by atoms with Crippen molar-refractivity contribution < 1.29 is 5.11 Å². The number of rotatable bonds is 4. The maximum atomic E-state index is 11.4. The van der Waals surface area contributed by atoms with Gasteiger partial charge in [-0.2, -0.15) is 14.9 Å². The highest BCUT2D eigenvalue weighted by Gasteiger charge is 2.20. The van der Waals surface area contributed by atoms with Gasteiger partial charge in [-0.1, -0.05) is 0 Å². The molecule has 11 heteroatoms. The Balaban J connectivity index is 1.65. The summed E-state index contributed by atoms with van der Waals surface area (Å²) in [6.07, 6.45) is 6.69. The lowest BCUT2D eigenvalue weighted by molar-refractivity contribution is 0.454. The highest BCUT2D eigenvalue weighted by molar-refractivity contribution is 5.60. The Kier molecular flexibility index (Phi) is 4.03. The Hall–Kier alpha value is -4.46. The molecular weight excluding hydrogens is 386 g/mol. The van der Waals surface area contributed by atoms with E-state index < -0.39 is 5.69 Å². The van der Waals surface area contributed by atoms with Crippen LogP contribution >= 0.6 is 0 Å². The number of H-pyrrole nitrogens is 2. The highest BCUT2D eigenvalue weighted by atomic mass is 16.3. The van der Waals surface area contributed by atoms with Crippen LogP contribution in [0.4, 0.5) is 11.6 Å².